The Labute approximate surface area is 120 Å². The Hall–Kier alpha value is -0.840. The summed E-state index contributed by atoms with van der Waals surface area (Å²) in [5.41, 5.74) is 1.19. The summed E-state index contributed by atoms with van der Waals surface area (Å²) in [6.07, 6.45) is 0. The number of thiophene rings is 1. The summed E-state index contributed by atoms with van der Waals surface area (Å²) in [5.74, 6) is 0.935. The van der Waals surface area contributed by atoms with E-state index < -0.39 is 0 Å². The van der Waals surface area contributed by atoms with Gasteiger partial charge in [-0.2, -0.15) is 0 Å². The molecule has 0 aliphatic heterocycles. The van der Waals surface area contributed by atoms with Crippen LogP contribution in [0.25, 0.3) is 0 Å². The SMILES string of the molecule is COc1ccccc1[C@H](C)NCc1ccc(Br)s1. The smallest absolute Gasteiger partial charge is 0.123 e. The highest BCUT2D eigenvalue weighted by atomic mass is 79.9. The van der Waals surface area contributed by atoms with Crippen molar-refractivity contribution >= 4 is 27.3 Å². The van der Waals surface area contributed by atoms with Gasteiger partial charge in [0.15, 0.2) is 0 Å². The van der Waals surface area contributed by atoms with Crippen LogP contribution in [0.4, 0.5) is 0 Å². The van der Waals surface area contributed by atoms with E-state index in [0.717, 1.165) is 12.3 Å². The molecular formula is C14H16BrNOS. The topological polar surface area (TPSA) is 21.3 Å². The quantitative estimate of drug-likeness (QED) is 0.881. The van der Waals surface area contributed by atoms with E-state index in [0.29, 0.717) is 0 Å². The summed E-state index contributed by atoms with van der Waals surface area (Å²) in [7, 11) is 1.71. The summed E-state index contributed by atoms with van der Waals surface area (Å²) in [6.45, 7) is 3.02. The van der Waals surface area contributed by atoms with Crippen LogP contribution in [0.15, 0.2) is 40.2 Å². The zero-order chi connectivity index (χ0) is 13.0. The molecule has 2 rings (SSSR count). The average molecular weight is 326 g/mol. The van der Waals surface area contributed by atoms with Gasteiger partial charge in [0, 0.05) is 23.0 Å². The number of para-hydroxylation sites is 1. The molecule has 0 saturated heterocycles. The van der Waals surface area contributed by atoms with Gasteiger partial charge in [0.1, 0.15) is 5.75 Å². The third kappa shape index (κ3) is 3.34. The maximum atomic E-state index is 5.38. The lowest BCUT2D eigenvalue weighted by Gasteiger charge is -2.16. The highest BCUT2D eigenvalue weighted by Gasteiger charge is 2.10. The van der Waals surface area contributed by atoms with Crippen LogP contribution in [0.1, 0.15) is 23.4 Å². The second kappa shape index (κ2) is 6.36. The second-order valence-corrected chi connectivity index (χ2v) is 6.60. The minimum atomic E-state index is 0.266. The Morgan fingerprint density at radius 1 is 1.28 bits per heavy atom. The van der Waals surface area contributed by atoms with Gasteiger partial charge in [-0.25, -0.2) is 0 Å². The number of ether oxygens (including phenoxy) is 1. The standard InChI is InChI=1S/C14H16BrNOS/c1-10(12-5-3-4-6-13(12)17-2)16-9-11-7-8-14(15)18-11/h3-8,10,16H,9H2,1-2H3/t10-/m0/s1. The molecule has 2 aromatic rings. The van der Waals surface area contributed by atoms with Gasteiger partial charge in [-0.15, -0.1) is 11.3 Å². The van der Waals surface area contributed by atoms with Crippen LogP contribution < -0.4 is 10.1 Å². The van der Waals surface area contributed by atoms with Gasteiger partial charge in [0.25, 0.3) is 0 Å². The molecule has 4 heteroatoms. The maximum absolute atomic E-state index is 5.38. The third-order valence-electron chi connectivity index (χ3n) is 2.82. The lowest BCUT2D eigenvalue weighted by Crippen LogP contribution is -2.18. The first-order valence-corrected chi connectivity index (χ1v) is 7.42. The van der Waals surface area contributed by atoms with Crippen molar-refractivity contribution in [2.75, 3.05) is 7.11 Å². The average Bonchev–Trinajstić information content (AvgIpc) is 2.81. The molecule has 1 heterocycles. The predicted molar refractivity (Wildman–Crippen MR) is 80.3 cm³/mol. The number of hydrogen-bond donors (Lipinski definition) is 1. The Kier molecular flexibility index (Phi) is 4.80. The molecule has 1 aromatic heterocycles. The van der Waals surface area contributed by atoms with Crippen molar-refractivity contribution in [1.29, 1.82) is 0 Å². The number of methoxy groups -OCH3 is 1. The Balaban J connectivity index is 2.01. The summed E-state index contributed by atoms with van der Waals surface area (Å²) in [4.78, 5) is 1.32. The fraction of sp³-hybridized carbons (Fsp3) is 0.286. The summed E-state index contributed by atoms with van der Waals surface area (Å²) >= 11 is 5.24. The van der Waals surface area contributed by atoms with Crippen molar-refractivity contribution < 1.29 is 4.74 Å². The van der Waals surface area contributed by atoms with Crippen LogP contribution in [-0.2, 0) is 6.54 Å². The zero-order valence-electron chi connectivity index (χ0n) is 10.4. The normalized spacial score (nSPS) is 12.4. The van der Waals surface area contributed by atoms with Gasteiger partial charge in [-0.3, -0.25) is 0 Å². The highest BCUT2D eigenvalue weighted by molar-refractivity contribution is 9.11. The van der Waals surface area contributed by atoms with Crippen molar-refractivity contribution in [3.63, 3.8) is 0 Å². The first-order chi connectivity index (χ1) is 8.70. The lowest BCUT2D eigenvalue weighted by atomic mass is 10.1. The fourth-order valence-corrected chi connectivity index (χ4v) is 3.27. The van der Waals surface area contributed by atoms with Crippen LogP contribution in [-0.4, -0.2) is 7.11 Å². The molecule has 18 heavy (non-hydrogen) atoms. The van der Waals surface area contributed by atoms with E-state index in [1.807, 2.05) is 18.2 Å². The number of hydrogen-bond acceptors (Lipinski definition) is 3. The van der Waals surface area contributed by atoms with Gasteiger partial charge in [0.05, 0.1) is 10.9 Å². The molecule has 0 spiro atoms. The zero-order valence-corrected chi connectivity index (χ0v) is 12.8. The largest absolute Gasteiger partial charge is 0.496 e. The Morgan fingerprint density at radius 3 is 2.72 bits per heavy atom. The monoisotopic (exact) mass is 325 g/mol. The van der Waals surface area contributed by atoms with Crippen molar-refractivity contribution in [2.45, 2.75) is 19.5 Å². The van der Waals surface area contributed by atoms with Crippen molar-refractivity contribution in [1.82, 2.24) is 5.32 Å². The van der Waals surface area contributed by atoms with Crippen LogP contribution in [0, 0.1) is 0 Å². The van der Waals surface area contributed by atoms with E-state index in [4.69, 9.17) is 4.74 Å². The second-order valence-electron chi connectivity index (χ2n) is 4.05. The fourth-order valence-electron chi connectivity index (χ4n) is 1.83. The minimum absolute atomic E-state index is 0.266. The molecule has 1 atom stereocenters. The highest BCUT2D eigenvalue weighted by Crippen LogP contribution is 2.26. The molecule has 0 fully saturated rings. The summed E-state index contributed by atoms with van der Waals surface area (Å²) in [6, 6.07) is 12.6. The minimum Gasteiger partial charge on any atom is -0.496 e. The molecule has 0 radical (unpaired) electrons. The van der Waals surface area contributed by atoms with E-state index in [-0.39, 0.29) is 6.04 Å². The molecule has 1 N–H and O–H groups in total. The molecule has 0 aliphatic rings. The molecule has 0 amide bonds. The van der Waals surface area contributed by atoms with Gasteiger partial charge < -0.3 is 10.1 Å². The Bertz CT molecular complexity index is 512. The van der Waals surface area contributed by atoms with E-state index in [1.165, 1.54) is 14.2 Å². The molecule has 0 aliphatic carbocycles. The summed E-state index contributed by atoms with van der Waals surface area (Å²) in [5, 5.41) is 3.51. The van der Waals surface area contributed by atoms with Gasteiger partial charge in [-0.1, -0.05) is 18.2 Å². The molecule has 96 valence electrons. The van der Waals surface area contributed by atoms with Crippen LogP contribution in [0.3, 0.4) is 0 Å². The molecule has 2 nitrogen and oxygen atoms in total. The molecule has 0 bridgehead atoms. The number of nitrogens with one attached hydrogen (secondary N) is 1. The number of rotatable bonds is 5. The van der Waals surface area contributed by atoms with E-state index in [2.05, 4.69) is 46.4 Å². The predicted octanol–water partition coefficient (Wildman–Crippen LogP) is 4.37. The molecule has 0 unspecified atom stereocenters. The van der Waals surface area contributed by atoms with E-state index >= 15 is 0 Å². The van der Waals surface area contributed by atoms with Crippen molar-refractivity contribution in [2.24, 2.45) is 0 Å². The van der Waals surface area contributed by atoms with Gasteiger partial charge >= 0.3 is 0 Å². The Morgan fingerprint density at radius 2 is 2.06 bits per heavy atom. The first kappa shape index (κ1) is 13.6. The van der Waals surface area contributed by atoms with Crippen LogP contribution in [0.2, 0.25) is 0 Å². The molecule has 0 saturated carbocycles. The third-order valence-corrected chi connectivity index (χ3v) is 4.44. The van der Waals surface area contributed by atoms with Crippen molar-refractivity contribution in [3.05, 3.63) is 50.6 Å². The van der Waals surface area contributed by atoms with Crippen LogP contribution >= 0.6 is 27.3 Å². The molecular weight excluding hydrogens is 310 g/mol. The van der Waals surface area contributed by atoms with Crippen LogP contribution in [0.5, 0.6) is 5.75 Å². The number of benzene rings is 1. The van der Waals surface area contributed by atoms with Gasteiger partial charge in [-0.05, 0) is 41.1 Å². The van der Waals surface area contributed by atoms with E-state index in [1.54, 1.807) is 18.4 Å². The number of halogens is 1. The van der Waals surface area contributed by atoms with Gasteiger partial charge in [0.2, 0.25) is 0 Å². The molecule has 1 aromatic carbocycles. The van der Waals surface area contributed by atoms with Crippen molar-refractivity contribution in [3.8, 4) is 5.75 Å². The lowest BCUT2D eigenvalue weighted by molar-refractivity contribution is 0.401. The van der Waals surface area contributed by atoms with E-state index in [9.17, 15) is 0 Å². The first-order valence-electron chi connectivity index (χ1n) is 5.81. The summed E-state index contributed by atoms with van der Waals surface area (Å²) < 4.78 is 6.55. The maximum Gasteiger partial charge on any atom is 0.123 e.